The molecule has 1 unspecified atom stereocenters. The van der Waals surface area contributed by atoms with Crippen molar-refractivity contribution in [2.75, 3.05) is 31.1 Å². The number of aromatic nitrogens is 1. The molecule has 4 aromatic rings. The third kappa shape index (κ3) is 4.17. The average molecular weight is 545 g/mol. The lowest BCUT2D eigenvalue weighted by atomic mass is 9.90. The quantitative estimate of drug-likeness (QED) is 0.402. The average Bonchev–Trinajstić information content (AvgIpc) is 3.41. The van der Waals surface area contributed by atoms with Crippen molar-refractivity contribution >= 4 is 21.5 Å². The molecule has 0 saturated carbocycles. The van der Waals surface area contributed by atoms with E-state index in [1.807, 2.05) is 41.1 Å². The zero-order valence-corrected chi connectivity index (χ0v) is 21.6. The fourth-order valence-electron chi connectivity index (χ4n) is 5.28. The van der Waals surface area contributed by atoms with Crippen LogP contribution in [0.3, 0.4) is 0 Å². The Morgan fingerprint density at radius 2 is 1.44 bits per heavy atom. The molecule has 10 heteroatoms. The number of nitrogens with zero attached hydrogens (tertiary/aromatic N) is 1. The van der Waals surface area contributed by atoms with Gasteiger partial charge in [0.05, 0.1) is 10.6 Å². The number of rotatable bonds is 4. The van der Waals surface area contributed by atoms with Gasteiger partial charge in [-0.1, -0.05) is 12.1 Å². The van der Waals surface area contributed by atoms with E-state index in [2.05, 4.69) is 4.72 Å². The van der Waals surface area contributed by atoms with Crippen LogP contribution in [0.15, 0.2) is 77.8 Å². The maximum atomic E-state index is 13.4. The van der Waals surface area contributed by atoms with E-state index in [1.165, 1.54) is 12.1 Å². The summed E-state index contributed by atoms with van der Waals surface area (Å²) >= 11 is 0. The molecule has 3 aliphatic rings. The third-order valence-corrected chi connectivity index (χ3v) is 8.52. The zero-order valence-electron chi connectivity index (χ0n) is 20.8. The highest BCUT2D eigenvalue weighted by molar-refractivity contribution is 7.92. The predicted octanol–water partition coefficient (Wildman–Crippen LogP) is 4.54. The normalized spacial score (nSPS) is 17.5. The van der Waals surface area contributed by atoms with Gasteiger partial charge in [-0.15, -0.1) is 0 Å². The first-order valence-corrected chi connectivity index (χ1v) is 14.1. The molecule has 0 spiro atoms. The number of ketones is 1. The number of carbonyl (C=O) groups is 1. The molecule has 1 atom stereocenters. The van der Waals surface area contributed by atoms with Crippen molar-refractivity contribution in [2.24, 2.45) is 0 Å². The van der Waals surface area contributed by atoms with E-state index in [9.17, 15) is 13.2 Å². The molecule has 0 radical (unpaired) electrons. The van der Waals surface area contributed by atoms with Crippen LogP contribution in [0.5, 0.6) is 23.0 Å². The fourth-order valence-corrected chi connectivity index (χ4v) is 6.35. The van der Waals surface area contributed by atoms with Gasteiger partial charge in [0, 0.05) is 47.6 Å². The summed E-state index contributed by atoms with van der Waals surface area (Å²) in [6, 6.07) is 19.3. The highest BCUT2D eigenvalue weighted by Gasteiger charge is 2.30. The van der Waals surface area contributed by atoms with Gasteiger partial charge in [0.2, 0.25) is 0 Å². The Morgan fingerprint density at radius 3 is 2.18 bits per heavy atom. The van der Waals surface area contributed by atoms with Gasteiger partial charge < -0.3 is 23.5 Å². The number of nitrogens with one attached hydrogen (secondary N) is 1. The van der Waals surface area contributed by atoms with Gasteiger partial charge >= 0.3 is 0 Å². The van der Waals surface area contributed by atoms with Crippen molar-refractivity contribution in [3.05, 3.63) is 89.7 Å². The van der Waals surface area contributed by atoms with Crippen molar-refractivity contribution in [3.63, 3.8) is 0 Å². The summed E-state index contributed by atoms with van der Waals surface area (Å²) in [5.74, 6) is 1.91. The van der Waals surface area contributed by atoms with Crippen LogP contribution in [0.25, 0.3) is 5.69 Å². The molecule has 0 aliphatic carbocycles. The van der Waals surface area contributed by atoms with E-state index in [0.29, 0.717) is 60.7 Å². The second-order valence-electron chi connectivity index (χ2n) is 9.53. The van der Waals surface area contributed by atoms with Crippen molar-refractivity contribution in [1.82, 2.24) is 4.57 Å². The Hall–Kier alpha value is -4.44. The van der Waals surface area contributed by atoms with E-state index >= 15 is 0 Å². The number of hydrogen-bond donors (Lipinski definition) is 1. The highest BCUT2D eigenvalue weighted by Crippen LogP contribution is 2.41. The van der Waals surface area contributed by atoms with Gasteiger partial charge in [-0.3, -0.25) is 9.52 Å². The molecule has 0 fully saturated rings. The molecule has 3 aromatic carbocycles. The third-order valence-electron chi connectivity index (χ3n) is 7.14. The van der Waals surface area contributed by atoms with Crippen molar-refractivity contribution in [2.45, 2.75) is 17.2 Å². The first-order valence-electron chi connectivity index (χ1n) is 12.6. The number of carbonyl (C=O) groups excluding carboxylic acids is 1. The molecular weight excluding hydrogens is 520 g/mol. The van der Waals surface area contributed by atoms with Crippen LogP contribution < -0.4 is 23.7 Å². The number of ether oxygens (including phenoxy) is 4. The Balaban J connectivity index is 1.17. The standard InChI is InChI=1S/C29H24N2O7S/c32-25-15-21(23-2-1-9-31(23)24-17-29-28(16-22(24)25)37-12-13-38-29)18-3-5-19(6-4-18)30-39(33,34)20-7-8-26-27(14-20)36-11-10-35-26/h1-9,14,16-17,21,30H,10-13,15H2. The second-order valence-corrected chi connectivity index (χ2v) is 11.2. The summed E-state index contributed by atoms with van der Waals surface area (Å²) in [5, 5.41) is 0. The number of fused-ring (bicyclic) bond motifs is 5. The molecule has 3 aliphatic heterocycles. The van der Waals surface area contributed by atoms with E-state index in [1.54, 1.807) is 24.3 Å². The molecule has 4 heterocycles. The SMILES string of the molecule is O=C1CC(c2ccc(NS(=O)(=O)c3ccc4c(c3)OCCO4)cc2)c2cccn2-c2cc3c(cc21)OCCO3. The Bertz CT molecular complexity index is 1710. The van der Waals surface area contributed by atoms with E-state index in [-0.39, 0.29) is 23.0 Å². The highest BCUT2D eigenvalue weighted by atomic mass is 32.2. The predicted molar refractivity (Wildman–Crippen MR) is 142 cm³/mol. The van der Waals surface area contributed by atoms with Gasteiger partial charge in [-0.2, -0.15) is 0 Å². The summed E-state index contributed by atoms with van der Waals surface area (Å²) in [7, 11) is -3.85. The summed E-state index contributed by atoms with van der Waals surface area (Å²) in [6.45, 7) is 1.71. The molecule has 198 valence electrons. The molecule has 1 N–H and O–H groups in total. The summed E-state index contributed by atoms with van der Waals surface area (Å²) in [6.07, 6.45) is 2.20. The number of Topliss-reactive ketones (excluding diaryl/α,β-unsaturated/α-hetero) is 1. The van der Waals surface area contributed by atoms with Gasteiger partial charge in [0.25, 0.3) is 10.0 Å². The fraction of sp³-hybridized carbons (Fsp3) is 0.207. The first-order chi connectivity index (χ1) is 19.0. The van der Waals surface area contributed by atoms with Crippen LogP contribution >= 0.6 is 0 Å². The van der Waals surface area contributed by atoms with Crippen LogP contribution in [-0.2, 0) is 10.0 Å². The lowest BCUT2D eigenvalue weighted by molar-refractivity contribution is 0.0978. The lowest BCUT2D eigenvalue weighted by Crippen LogP contribution is -2.17. The Morgan fingerprint density at radius 1 is 0.769 bits per heavy atom. The van der Waals surface area contributed by atoms with Crippen LogP contribution in [0, 0.1) is 0 Å². The number of anilines is 1. The second kappa shape index (κ2) is 9.09. The van der Waals surface area contributed by atoms with Gasteiger partial charge in [0.15, 0.2) is 28.8 Å². The van der Waals surface area contributed by atoms with Crippen LogP contribution in [0.4, 0.5) is 5.69 Å². The van der Waals surface area contributed by atoms with Gasteiger partial charge in [0.1, 0.15) is 26.4 Å². The summed E-state index contributed by atoms with van der Waals surface area (Å²) in [4.78, 5) is 13.5. The summed E-state index contributed by atoms with van der Waals surface area (Å²) < 4.78 is 53.2. The number of sulfonamides is 1. The van der Waals surface area contributed by atoms with Gasteiger partial charge in [-0.25, -0.2) is 8.42 Å². The van der Waals surface area contributed by atoms with E-state index in [4.69, 9.17) is 18.9 Å². The molecule has 0 amide bonds. The lowest BCUT2D eigenvalue weighted by Gasteiger charge is -2.21. The molecule has 9 nitrogen and oxygen atoms in total. The monoisotopic (exact) mass is 544 g/mol. The van der Waals surface area contributed by atoms with E-state index in [0.717, 1.165) is 16.9 Å². The number of benzene rings is 3. The van der Waals surface area contributed by atoms with Crippen molar-refractivity contribution in [3.8, 4) is 28.7 Å². The van der Waals surface area contributed by atoms with E-state index < -0.39 is 10.0 Å². The van der Waals surface area contributed by atoms with Crippen LogP contribution in [0.2, 0.25) is 0 Å². The largest absolute Gasteiger partial charge is 0.486 e. The smallest absolute Gasteiger partial charge is 0.262 e. The Labute approximate surface area is 224 Å². The minimum Gasteiger partial charge on any atom is -0.486 e. The first kappa shape index (κ1) is 23.7. The van der Waals surface area contributed by atoms with Crippen LogP contribution in [-0.4, -0.2) is 45.2 Å². The maximum absolute atomic E-state index is 13.4. The molecule has 1 aromatic heterocycles. The molecule has 0 saturated heterocycles. The minimum absolute atomic E-state index is 0.000870. The molecule has 7 rings (SSSR count). The van der Waals surface area contributed by atoms with Gasteiger partial charge in [-0.05, 0) is 48.0 Å². The zero-order chi connectivity index (χ0) is 26.6. The minimum atomic E-state index is -3.85. The Kier molecular flexibility index (Phi) is 5.52. The molecular formula is C29H24N2O7S. The van der Waals surface area contributed by atoms with Crippen molar-refractivity contribution < 1.29 is 32.2 Å². The topological polar surface area (TPSA) is 105 Å². The summed E-state index contributed by atoms with van der Waals surface area (Å²) in [5.41, 5.74) is 3.62. The number of hydrogen-bond acceptors (Lipinski definition) is 7. The maximum Gasteiger partial charge on any atom is 0.262 e. The molecule has 0 bridgehead atoms. The molecule has 39 heavy (non-hydrogen) atoms. The van der Waals surface area contributed by atoms with Crippen molar-refractivity contribution in [1.29, 1.82) is 0 Å². The van der Waals surface area contributed by atoms with Crippen LogP contribution in [0.1, 0.15) is 34.0 Å².